The van der Waals surface area contributed by atoms with Gasteiger partial charge in [0.05, 0.1) is 18.8 Å². The summed E-state index contributed by atoms with van der Waals surface area (Å²) in [6.45, 7) is 4.88. The molecule has 0 radical (unpaired) electrons. The summed E-state index contributed by atoms with van der Waals surface area (Å²) in [5, 5.41) is 7.03. The van der Waals surface area contributed by atoms with Crippen molar-refractivity contribution >= 4 is 11.4 Å². The van der Waals surface area contributed by atoms with Gasteiger partial charge in [-0.3, -0.25) is 5.01 Å². The van der Waals surface area contributed by atoms with Crippen molar-refractivity contribution in [1.82, 2.24) is 0 Å². The molecule has 2 aromatic rings. The molecule has 0 saturated heterocycles. The molecule has 0 aromatic heterocycles. The molecular weight excluding hydrogens is 298 g/mol. The van der Waals surface area contributed by atoms with Crippen molar-refractivity contribution in [3.63, 3.8) is 0 Å². The molecule has 0 amide bonds. The lowest BCUT2D eigenvalue weighted by molar-refractivity contribution is 0.414. The summed E-state index contributed by atoms with van der Waals surface area (Å²) in [6, 6.07) is 14.9. The molecule has 3 rings (SSSR count). The maximum absolute atomic E-state index is 5.75. The molecule has 126 valence electrons. The van der Waals surface area contributed by atoms with Crippen LogP contribution in [0.15, 0.2) is 47.6 Å². The first-order valence-electron chi connectivity index (χ1n) is 8.39. The number of anilines is 1. The van der Waals surface area contributed by atoms with Crippen LogP contribution in [-0.4, -0.2) is 19.4 Å². The Labute approximate surface area is 143 Å². The first-order valence-corrected chi connectivity index (χ1v) is 8.39. The van der Waals surface area contributed by atoms with Crippen LogP contribution in [0.4, 0.5) is 5.69 Å². The highest BCUT2D eigenvalue weighted by Crippen LogP contribution is 2.38. The number of rotatable bonds is 5. The molecule has 0 fully saturated rings. The Morgan fingerprint density at radius 3 is 2.75 bits per heavy atom. The highest BCUT2D eigenvalue weighted by Gasteiger charge is 2.29. The number of ether oxygens (including phenoxy) is 1. The number of hydrazone groups is 1. The summed E-state index contributed by atoms with van der Waals surface area (Å²) >= 11 is 0. The van der Waals surface area contributed by atoms with Crippen molar-refractivity contribution < 1.29 is 4.74 Å². The molecule has 4 nitrogen and oxygen atoms in total. The van der Waals surface area contributed by atoms with Crippen LogP contribution < -0.4 is 15.5 Å². The number of nitrogens with zero attached hydrogens (tertiary/aromatic N) is 2. The lowest BCUT2D eigenvalue weighted by atomic mass is 9.99. The van der Waals surface area contributed by atoms with Crippen molar-refractivity contribution in [2.45, 2.75) is 32.7 Å². The van der Waals surface area contributed by atoms with Gasteiger partial charge in [-0.25, -0.2) is 0 Å². The Balaban J connectivity index is 2.00. The van der Waals surface area contributed by atoms with Gasteiger partial charge >= 0.3 is 0 Å². The summed E-state index contributed by atoms with van der Waals surface area (Å²) in [4.78, 5) is 0. The molecule has 1 unspecified atom stereocenters. The monoisotopic (exact) mass is 323 g/mol. The van der Waals surface area contributed by atoms with E-state index in [0.717, 1.165) is 30.0 Å². The van der Waals surface area contributed by atoms with Gasteiger partial charge in [-0.2, -0.15) is 5.10 Å². The summed E-state index contributed by atoms with van der Waals surface area (Å²) in [5.74, 6) is 0.875. The number of nitrogens with two attached hydrogens (primary N) is 1. The van der Waals surface area contributed by atoms with E-state index in [-0.39, 0.29) is 6.04 Å². The number of hydrogen-bond donors (Lipinski definition) is 1. The van der Waals surface area contributed by atoms with E-state index in [1.807, 2.05) is 12.1 Å². The van der Waals surface area contributed by atoms with Gasteiger partial charge < -0.3 is 10.5 Å². The van der Waals surface area contributed by atoms with Gasteiger partial charge in [0, 0.05) is 12.1 Å². The Kier molecular flexibility index (Phi) is 4.86. The Hall–Kier alpha value is -2.33. The standard InChI is InChI=1S/C20H25N3O/c1-14-7-8-19(15(2)11-14)23-20(13-17(22-23)9-10-21)16-5-4-6-18(12-16)24-3/h4-8,11-12,20H,9-10,13,21H2,1-3H3. The van der Waals surface area contributed by atoms with Crippen LogP contribution in [0, 0.1) is 13.8 Å². The van der Waals surface area contributed by atoms with Gasteiger partial charge in [0.2, 0.25) is 0 Å². The predicted octanol–water partition coefficient (Wildman–Crippen LogP) is 3.97. The quantitative estimate of drug-likeness (QED) is 0.906. The molecule has 2 N–H and O–H groups in total. The fraction of sp³-hybridized carbons (Fsp3) is 0.350. The molecule has 24 heavy (non-hydrogen) atoms. The molecule has 2 aromatic carbocycles. The lowest BCUT2D eigenvalue weighted by Crippen LogP contribution is -2.19. The lowest BCUT2D eigenvalue weighted by Gasteiger charge is -2.26. The van der Waals surface area contributed by atoms with E-state index in [9.17, 15) is 0 Å². The summed E-state index contributed by atoms with van der Waals surface area (Å²) in [5.41, 5.74) is 11.8. The van der Waals surface area contributed by atoms with Crippen molar-refractivity contribution in [2.24, 2.45) is 10.8 Å². The Bertz CT molecular complexity index is 754. The predicted molar refractivity (Wildman–Crippen MR) is 99.9 cm³/mol. The summed E-state index contributed by atoms with van der Waals surface area (Å²) in [6.07, 6.45) is 1.74. The van der Waals surface area contributed by atoms with Gasteiger partial charge in [-0.1, -0.05) is 29.8 Å². The zero-order chi connectivity index (χ0) is 17.1. The third-order valence-electron chi connectivity index (χ3n) is 4.48. The zero-order valence-corrected chi connectivity index (χ0v) is 14.6. The van der Waals surface area contributed by atoms with Crippen molar-refractivity contribution in [3.8, 4) is 5.75 Å². The van der Waals surface area contributed by atoms with E-state index in [1.54, 1.807) is 7.11 Å². The maximum Gasteiger partial charge on any atom is 0.119 e. The average molecular weight is 323 g/mol. The Morgan fingerprint density at radius 1 is 1.21 bits per heavy atom. The van der Waals surface area contributed by atoms with E-state index in [2.05, 4.69) is 49.2 Å². The number of benzene rings is 2. The van der Waals surface area contributed by atoms with Crippen molar-refractivity contribution in [1.29, 1.82) is 0 Å². The van der Waals surface area contributed by atoms with Crippen LogP contribution in [0.2, 0.25) is 0 Å². The molecular formula is C20H25N3O. The first-order chi connectivity index (χ1) is 11.6. The molecule has 1 aliphatic rings. The van der Waals surface area contributed by atoms with Gasteiger partial charge in [0.15, 0.2) is 0 Å². The molecule has 0 bridgehead atoms. The van der Waals surface area contributed by atoms with Gasteiger partial charge in [-0.15, -0.1) is 0 Å². The van der Waals surface area contributed by atoms with Crippen LogP contribution in [-0.2, 0) is 0 Å². The van der Waals surface area contributed by atoms with Crippen LogP contribution >= 0.6 is 0 Å². The molecule has 1 aliphatic heterocycles. The van der Waals surface area contributed by atoms with Gasteiger partial charge in [0.25, 0.3) is 0 Å². The number of methoxy groups -OCH3 is 1. The summed E-state index contributed by atoms with van der Waals surface area (Å²) in [7, 11) is 1.70. The average Bonchev–Trinajstić information content (AvgIpc) is 2.99. The fourth-order valence-electron chi connectivity index (χ4n) is 3.28. The third-order valence-corrected chi connectivity index (χ3v) is 4.48. The highest BCUT2D eigenvalue weighted by atomic mass is 16.5. The second-order valence-electron chi connectivity index (χ2n) is 6.34. The smallest absolute Gasteiger partial charge is 0.119 e. The zero-order valence-electron chi connectivity index (χ0n) is 14.6. The molecule has 4 heteroatoms. The van der Waals surface area contributed by atoms with Gasteiger partial charge in [0.1, 0.15) is 5.75 Å². The van der Waals surface area contributed by atoms with Crippen LogP contribution in [0.25, 0.3) is 0 Å². The minimum Gasteiger partial charge on any atom is -0.497 e. The number of aryl methyl sites for hydroxylation is 2. The second kappa shape index (κ2) is 7.05. The van der Waals surface area contributed by atoms with Crippen LogP contribution in [0.1, 0.15) is 35.6 Å². The number of hydrogen-bond acceptors (Lipinski definition) is 4. The maximum atomic E-state index is 5.75. The molecule has 0 aliphatic carbocycles. The topological polar surface area (TPSA) is 50.9 Å². The molecule has 1 atom stereocenters. The summed E-state index contributed by atoms with van der Waals surface area (Å²) < 4.78 is 5.39. The minimum atomic E-state index is 0.183. The third kappa shape index (κ3) is 3.29. The normalized spacial score (nSPS) is 17.1. The van der Waals surface area contributed by atoms with Crippen LogP contribution in [0.5, 0.6) is 5.75 Å². The second-order valence-corrected chi connectivity index (χ2v) is 6.34. The fourth-order valence-corrected chi connectivity index (χ4v) is 3.28. The van der Waals surface area contributed by atoms with E-state index in [0.29, 0.717) is 6.54 Å². The van der Waals surface area contributed by atoms with Crippen molar-refractivity contribution in [2.75, 3.05) is 18.7 Å². The van der Waals surface area contributed by atoms with E-state index < -0.39 is 0 Å². The molecule has 1 heterocycles. The minimum absolute atomic E-state index is 0.183. The van der Waals surface area contributed by atoms with E-state index in [1.165, 1.54) is 16.7 Å². The molecule has 0 saturated carbocycles. The largest absolute Gasteiger partial charge is 0.497 e. The van der Waals surface area contributed by atoms with Crippen molar-refractivity contribution in [3.05, 3.63) is 59.2 Å². The van der Waals surface area contributed by atoms with E-state index >= 15 is 0 Å². The Morgan fingerprint density at radius 2 is 2.04 bits per heavy atom. The van der Waals surface area contributed by atoms with Gasteiger partial charge in [-0.05, 0) is 56.1 Å². The van der Waals surface area contributed by atoms with Crippen LogP contribution in [0.3, 0.4) is 0 Å². The highest BCUT2D eigenvalue weighted by molar-refractivity contribution is 5.89. The first kappa shape index (κ1) is 16.5. The SMILES string of the molecule is COc1cccc(C2CC(CCN)=NN2c2ccc(C)cc2C)c1. The molecule has 0 spiro atoms. The van der Waals surface area contributed by atoms with E-state index in [4.69, 9.17) is 15.6 Å².